The van der Waals surface area contributed by atoms with E-state index in [4.69, 9.17) is 0 Å². The number of quaternary nitrogens is 1. The van der Waals surface area contributed by atoms with Crippen LogP contribution in [0.1, 0.15) is 18.4 Å². The first-order valence-electron chi connectivity index (χ1n) is 5.58. The smallest absolute Gasteiger partial charge is 0.356 e. The Kier molecular flexibility index (Phi) is 3.24. The van der Waals surface area contributed by atoms with Crippen LogP contribution in [0.5, 0.6) is 0 Å². The first-order valence-corrected chi connectivity index (χ1v) is 5.58. The van der Waals surface area contributed by atoms with E-state index in [0.717, 1.165) is 38.2 Å². The molecular formula is C11H15F3N3+. The maximum Gasteiger partial charge on any atom is 0.417 e. The molecule has 2 heterocycles. The minimum absolute atomic E-state index is 0.445. The molecule has 6 heteroatoms. The van der Waals surface area contributed by atoms with Crippen LogP contribution in [0, 0.1) is 0 Å². The molecule has 1 aliphatic rings. The fourth-order valence-corrected chi connectivity index (χ4v) is 1.90. The Bertz CT molecular complexity index is 367. The molecule has 0 unspecified atom stereocenters. The molecule has 94 valence electrons. The van der Waals surface area contributed by atoms with Gasteiger partial charge in [-0.1, -0.05) is 0 Å². The van der Waals surface area contributed by atoms with Crippen molar-refractivity contribution < 1.29 is 18.9 Å². The Morgan fingerprint density at radius 2 is 1.88 bits per heavy atom. The van der Waals surface area contributed by atoms with Crippen molar-refractivity contribution in [3.05, 3.63) is 23.9 Å². The first kappa shape index (κ1) is 12.2. The van der Waals surface area contributed by atoms with E-state index in [0.29, 0.717) is 11.9 Å². The van der Waals surface area contributed by atoms with Crippen LogP contribution in [-0.4, -0.2) is 24.1 Å². The molecule has 0 aliphatic carbocycles. The monoisotopic (exact) mass is 246 g/mol. The summed E-state index contributed by atoms with van der Waals surface area (Å²) in [4.78, 5) is 5.88. The second-order valence-electron chi connectivity index (χ2n) is 4.33. The third-order valence-electron chi connectivity index (χ3n) is 3.01. The standard InChI is InChI=1S/C11H14F3N3/c12-11(13,14)8-1-2-10(16-7-8)17-5-3-9(15)4-6-17/h1-2,7,9H,3-6,15H2/p+1. The Balaban J connectivity index is 2.08. The van der Waals surface area contributed by atoms with Crippen molar-refractivity contribution in [2.24, 2.45) is 0 Å². The minimum atomic E-state index is -4.31. The first-order chi connectivity index (χ1) is 7.97. The van der Waals surface area contributed by atoms with E-state index in [1.807, 2.05) is 4.90 Å². The van der Waals surface area contributed by atoms with E-state index in [1.54, 1.807) is 0 Å². The van der Waals surface area contributed by atoms with Gasteiger partial charge in [-0.3, -0.25) is 0 Å². The van der Waals surface area contributed by atoms with Crippen LogP contribution in [0.25, 0.3) is 0 Å². The lowest BCUT2D eigenvalue weighted by molar-refractivity contribution is -0.423. The number of rotatable bonds is 1. The van der Waals surface area contributed by atoms with Gasteiger partial charge in [-0.25, -0.2) is 4.98 Å². The predicted octanol–water partition coefficient (Wildman–Crippen LogP) is 1.31. The number of hydrogen-bond donors (Lipinski definition) is 1. The largest absolute Gasteiger partial charge is 0.417 e. The summed E-state index contributed by atoms with van der Waals surface area (Å²) in [5.74, 6) is 0.616. The molecule has 3 N–H and O–H groups in total. The molecule has 0 bridgehead atoms. The van der Waals surface area contributed by atoms with Gasteiger partial charge in [-0.05, 0) is 12.1 Å². The van der Waals surface area contributed by atoms with Gasteiger partial charge in [-0.2, -0.15) is 13.2 Å². The molecule has 17 heavy (non-hydrogen) atoms. The highest BCUT2D eigenvalue weighted by Gasteiger charge is 2.31. The summed E-state index contributed by atoms with van der Waals surface area (Å²) in [5, 5.41) is 0. The van der Waals surface area contributed by atoms with Gasteiger partial charge in [0, 0.05) is 32.1 Å². The fraction of sp³-hybridized carbons (Fsp3) is 0.545. The quantitative estimate of drug-likeness (QED) is 0.812. The molecule has 0 amide bonds. The Hall–Kier alpha value is -1.30. The zero-order valence-electron chi connectivity index (χ0n) is 9.37. The van der Waals surface area contributed by atoms with Crippen LogP contribution >= 0.6 is 0 Å². The van der Waals surface area contributed by atoms with Crippen molar-refractivity contribution in [3.63, 3.8) is 0 Å². The average Bonchev–Trinajstić information content (AvgIpc) is 2.29. The SMILES string of the molecule is [NH3+]C1CCN(c2ccc(C(F)(F)F)cn2)CC1. The van der Waals surface area contributed by atoms with Crippen LogP contribution in [-0.2, 0) is 6.18 Å². The summed E-state index contributed by atoms with van der Waals surface area (Å²) < 4.78 is 37.1. The number of pyridine rings is 1. The van der Waals surface area contributed by atoms with E-state index >= 15 is 0 Å². The lowest BCUT2D eigenvalue weighted by atomic mass is 10.1. The zero-order chi connectivity index (χ0) is 12.5. The Morgan fingerprint density at radius 1 is 1.24 bits per heavy atom. The molecular weight excluding hydrogens is 231 g/mol. The summed E-state index contributed by atoms with van der Waals surface area (Å²) in [6.45, 7) is 1.62. The summed E-state index contributed by atoms with van der Waals surface area (Å²) in [5.41, 5.74) is 3.28. The number of nitrogens with zero attached hydrogens (tertiary/aromatic N) is 2. The molecule has 1 aliphatic heterocycles. The third kappa shape index (κ3) is 2.88. The van der Waals surface area contributed by atoms with Crippen molar-refractivity contribution in [2.75, 3.05) is 18.0 Å². The number of anilines is 1. The summed E-state index contributed by atoms with van der Waals surface area (Å²) >= 11 is 0. The van der Waals surface area contributed by atoms with Gasteiger partial charge in [0.05, 0.1) is 11.6 Å². The van der Waals surface area contributed by atoms with Crippen molar-refractivity contribution in [1.82, 2.24) is 4.98 Å². The van der Waals surface area contributed by atoms with Gasteiger partial charge in [0.1, 0.15) is 5.82 Å². The summed E-state index contributed by atoms with van der Waals surface area (Å²) in [6, 6.07) is 2.96. The van der Waals surface area contributed by atoms with E-state index in [-0.39, 0.29) is 0 Å². The van der Waals surface area contributed by atoms with Gasteiger partial charge in [0.15, 0.2) is 0 Å². The molecule has 1 fully saturated rings. The highest BCUT2D eigenvalue weighted by Crippen LogP contribution is 2.29. The predicted molar refractivity (Wildman–Crippen MR) is 57.4 cm³/mol. The second-order valence-corrected chi connectivity index (χ2v) is 4.33. The van der Waals surface area contributed by atoms with E-state index < -0.39 is 11.7 Å². The van der Waals surface area contributed by atoms with Gasteiger partial charge in [0.2, 0.25) is 0 Å². The van der Waals surface area contributed by atoms with Gasteiger partial charge >= 0.3 is 6.18 Å². The normalized spacial score (nSPS) is 18.5. The number of piperidine rings is 1. The minimum Gasteiger partial charge on any atom is -0.356 e. The van der Waals surface area contributed by atoms with Crippen LogP contribution in [0.3, 0.4) is 0 Å². The fourth-order valence-electron chi connectivity index (χ4n) is 1.90. The van der Waals surface area contributed by atoms with Crippen LogP contribution in [0.15, 0.2) is 18.3 Å². The molecule has 1 aromatic heterocycles. The molecule has 1 aromatic rings. The van der Waals surface area contributed by atoms with Gasteiger partial charge < -0.3 is 10.6 Å². The lowest BCUT2D eigenvalue weighted by Gasteiger charge is -2.29. The lowest BCUT2D eigenvalue weighted by Crippen LogP contribution is -2.64. The van der Waals surface area contributed by atoms with Crippen LogP contribution in [0.4, 0.5) is 19.0 Å². The van der Waals surface area contributed by atoms with E-state index in [2.05, 4.69) is 10.7 Å². The number of aromatic nitrogens is 1. The van der Waals surface area contributed by atoms with Crippen molar-refractivity contribution >= 4 is 5.82 Å². The molecule has 0 atom stereocenters. The van der Waals surface area contributed by atoms with Crippen molar-refractivity contribution in [1.29, 1.82) is 0 Å². The van der Waals surface area contributed by atoms with E-state index in [1.165, 1.54) is 6.07 Å². The van der Waals surface area contributed by atoms with Gasteiger partial charge in [-0.15, -0.1) is 0 Å². The number of hydrogen-bond acceptors (Lipinski definition) is 2. The van der Waals surface area contributed by atoms with E-state index in [9.17, 15) is 13.2 Å². The maximum atomic E-state index is 12.4. The Morgan fingerprint density at radius 3 is 2.35 bits per heavy atom. The second kappa shape index (κ2) is 4.52. The van der Waals surface area contributed by atoms with Crippen molar-refractivity contribution in [2.45, 2.75) is 25.1 Å². The molecule has 0 aromatic carbocycles. The molecule has 0 radical (unpaired) electrons. The molecule has 0 saturated carbocycles. The van der Waals surface area contributed by atoms with Crippen LogP contribution < -0.4 is 10.6 Å². The molecule has 1 saturated heterocycles. The number of alkyl halides is 3. The molecule has 2 rings (SSSR count). The summed E-state index contributed by atoms with van der Waals surface area (Å²) in [6.07, 6.45) is -1.50. The molecule has 0 spiro atoms. The van der Waals surface area contributed by atoms with Gasteiger partial charge in [0.25, 0.3) is 0 Å². The zero-order valence-corrected chi connectivity index (χ0v) is 9.37. The van der Waals surface area contributed by atoms with Crippen LogP contribution in [0.2, 0.25) is 0 Å². The van der Waals surface area contributed by atoms with Crippen molar-refractivity contribution in [3.8, 4) is 0 Å². The average molecular weight is 246 g/mol. The Labute approximate surface area is 97.4 Å². The molecule has 3 nitrogen and oxygen atoms in total. The maximum absolute atomic E-state index is 12.4. The highest BCUT2D eigenvalue weighted by atomic mass is 19.4. The number of halogens is 3. The third-order valence-corrected chi connectivity index (χ3v) is 3.01. The highest BCUT2D eigenvalue weighted by molar-refractivity contribution is 5.40. The topological polar surface area (TPSA) is 43.8 Å². The summed E-state index contributed by atoms with van der Waals surface area (Å²) in [7, 11) is 0.